The number of rotatable bonds is 5. The summed E-state index contributed by atoms with van der Waals surface area (Å²) in [5.74, 6) is 0.818. The van der Waals surface area contributed by atoms with Gasteiger partial charge in [0.15, 0.2) is 0 Å². The number of aliphatic hydroxyl groups excluding tert-OH is 1. The van der Waals surface area contributed by atoms with E-state index >= 15 is 0 Å². The Kier molecular flexibility index (Phi) is 4.45. The number of aromatic nitrogens is 1. The second-order valence-corrected chi connectivity index (χ2v) is 4.69. The number of anilines is 1. The summed E-state index contributed by atoms with van der Waals surface area (Å²) in [5, 5.41) is 17.0. The van der Waals surface area contributed by atoms with Crippen LogP contribution in [0.3, 0.4) is 0 Å². The van der Waals surface area contributed by atoms with Crippen molar-refractivity contribution in [1.82, 2.24) is 5.16 Å². The molecule has 0 saturated heterocycles. The van der Waals surface area contributed by atoms with Crippen molar-refractivity contribution in [2.45, 2.75) is 33.4 Å². The predicted octanol–water partition coefficient (Wildman–Crippen LogP) is 3.30. The summed E-state index contributed by atoms with van der Waals surface area (Å²) >= 11 is 6.20. The highest BCUT2D eigenvalue weighted by Gasteiger charge is 2.12. The Morgan fingerprint density at radius 1 is 1.42 bits per heavy atom. The number of hydrogen-bond acceptors (Lipinski definition) is 4. The molecule has 0 spiro atoms. The summed E-state index contributed by atoms with van der Waals surface area (Å²) in [4.78, 5) is 0. The molecule has 0 aliphatic carbocycles. The Balaban J connectivity index is 2.17. The van der Waals surface area contributed by atoms with Crippen molar-refractivity contribution in [2.24, 2.45) is 0 Å². The molecule has 102 valence electrons. The van der Waals surface area contributed by atoms with E-state index in [1.54, 1.807) is 6.07 Å². The molecule has 2 rings (SSSR count). The molecule has 0 aliphatic rings. The smallest absolute Gasteiger partial charge is 0.138 e. The van der Waals surface area contributed by atoms with Crippen molar-refractivity contribution in [3.05, 3.63) is 45.8 Å². The zero-order chi connectivity index (χ0) is 13.8. The molecule has 19 heavy (non-hydrogen) atoms. The SMILES string of the molecule is CCc1noc(C)c1CNc1cccc(CO)c1Cl. The van der Waals surface area contributed by atoms with Crippen molar-refractivity contribution >= 4 is 17.3 Å². The lowest BCUT2D eigenvalue weighted by atomic mass is 10.1. The molecular formula is C14H17ClN2O2. The minimum atomic E-state index is -0.0686. The summed E-state index contributed by atoms with van der Waals surface area (Å²) < 4.78 is 5.19. The summed E-state index contributed by atoms with van der Waals surface area (Å²) in [6.45, 7) is 4.48. The van der Waals surface area contributed by atoms with Gasteiger partial charge in [0.25, 0.3) is 0 Å². The van der Waals surface area contributed by atoms with Crippen LogP contribution in [0.25, 0.3) is 0 Å². The second-order valence-electron chi connectivity index (χ2n) is 4.31. The van der Waals surface area contributed by atoms with Gasteiger partial charge in [-0.3, -0.25) is 0 Å². The molecular weight excluding hydrogens is 264 g/mol. The van der Waals surface area contributed by atoms with Crippen LogP contribution >= 0.6 is 11.6 Å². The Labute approximate surface area is 117 Å². The first-order valence-corrected chi connectivity index (χ1v) is 6.61. The first-order chi connectivity index (χ1) is 9.17. The molecule has 0 radical (unpaired) electrons. The Hall–Kier alpha value is -1.52. The van der Waals surface area contributed by atoms with Crippen LogP contribution in [0.4, 0.5) is 5.69 Å². The fourth-order valence-electron chi connectivity index (χ4n) is 1.96. The van der Waals surface area contributed by atoms with Crippen molar-refractivity contribution in [3.8, 4) is 0 Å². The molecule has 1 aromatic heterocycles. The maximum absolute atomic E-state index is 9.18. The van der Waals surface area contributed by atoms with Crippen LogP contribution in [0, 0.1) is 6.92 Å². The zero-order valence-corrected chi connectivity index (χ0v) is 11.8. The van der Waals surface area contributed by atoms with E-state index in [4.69, 9.17) is 16.1 Å². The van der Waals surface area contributed by atoms with Gasteiger partial charge in [-0.1, -0.05) is 35.8 Å². The maximum atomic E-state index is 9.18. The van der Waals surface area contributed by atoms with E-state index in [1.807, 2.05) is 26.0 Å². The van der Waals surface area contributed by atoms with Gasteiger partial charge in [-0.05, 0) is 25.0 Å². The van der Waals surface area contributed by atoms with Gasteiger partial charge in [0.05, 0.1) is 23.0 Å². The van der Waals surface area contributed by atoms with Crippen molar-refractivity contribution in [1.29, 1.82) is 0 Å². The van der Waals surface area contributed by atoms with Gasteiger partial charge in [0.1, 0.15) is 5.76 Å². The average Bonchev–Trinajstić information content (AvgIpc) is 2.78. The van der Waals surface area contributed by atoms with E-state index in [2.05, 4.69) is 10.5 Å². The number of nitrogens with zero attached hydrogens (tertiary/aromatic N) is 1. The number of nitrogens with one attached hydrogen (secondary N) is 1. The molecule has 1 heterocycles. The molecule has 0 saturated carbocycles. The topological polar surface area (TPSA) is 58.3 Å². The van der Waals surface area contributed by atoms with Gasteiger partial charge < -0.3 is 14.9 Å². The van der Waals surface area contributed by atoms with E-state index in [9.17, 15) is 5.11 Å². The van der Waals surface area contributed by atoms with Crippen LogP contribution in [0.5, 0.6) is 0 Å². The molecule has 2 aromatic rings. The Morgan fingerprint density at radius 3 is 2.89 bits per heavy atom. The number of hydrogen-bond donors (Lipinski definition) is 2. The van der Waals surface area contributed by atoms with E-state index < -0.39 is 0 Å². The molecule has 0 bridgehead atoms. The van der Waals surface area contributed by atoms with Gasteiger partial charge >= 0.3 is 0 Å². The molecule has 5 heteroatoms. The van der Waals surface area contributed by atoms with Crippen LogP contribution in [-0.2, 0) is 19.6 Å². The van der Waals surface area contributed by atoms with Crippen molar-refractivity contribution in [3.63, 3.8) is 0 Å². The molecule has 0 unspecified atom stereocenters. The average molecular weight is 281 g/mol. The van der Waals surface area contributed by atoms with E-state index in [1.165, 1.54) is 0 Å². The summed E-state index contributed by atoms with van der Waals surface area (Å²) in [5.41, 5.74) is 3.53. The van der Waals surface area contributed by atoms with Crippen LogP contribution in [0.1, 0.15) is 29.5 Å². The van der Waals surface area contributed by atoms with Crippen LogP contribution < -0.4 is 5.32 Å². The van der Waals surface area contributed by atoms with Crippen LogP contribution in [0.2, 0.25) is 5.02 Å². The standard InChI is InChI=1S/C14H17ClN2O2/c1-3-12-11(9(2)19-17-12)7-16-13-6-4-5-10(8-18)14(13)15/h4-6,16,18H,3,7-8H2,1-2H3. The fourth-order valence-corrected chi connectivity index (χ4v) is 2.22. The number of aryl methyl sites for hydroxylation is 2. The number of benzene rings is 1. The molecule has 0 fully saturated rings. The van der Waals surface area contributed by atoms with Gasteiger partial charge in [-0.25, -0.2) is 0 Å². The fraction of sp³-hybridized carbons (Fsp3) is 0.357. The highest BCUT2D eigenvalue weighted by molar-refractivity contribution is 6.34. The largest absolute Gasteiger partial charge is 0.392 e. The van der Waals surface area contributed by atoms with Gasteiger partial charge in [0.2, 0.25) is 0 Å². The highest BCUT2D eigenvalue weighted by atomic mass is 35.5. The Bertz CT molecular complexity index is 567. The lowest BCUT2D eigenvalue weighted by Crippen LogP contribution is -2.03. The molecule has 0 aliphatic heterocycles. The molecule has 0 amide bonds. The lowest BCUT2D eigenvalue weighted by Gasteiger charge is -2.10. The third-order valence-corrected chi connectivity index (χ3v) is 3.55. The second kappa shape index (κ2) is 6.08. The van der Waals surface area contributed by atoms with E-state index in [-0.39, 0.29) is 6.61 Å². The van der Waals surface area contributed by atoms with E-state index in [0.29, 0.717) is 17.1 Å². The quantitative estimate of drug-likeness (QED) is 0.882. The Morgan fingerprint density at radius 2 is 2.21 bits per heavy atom. The first-order valence-electron chi connectivity index (χ1n) is 6.23. The van der Waals surface area contributed by atoms with Crippen molar-refractivity contribution < 1.29 is 9.63 Å². The molecule has 2 N–H and O–H groups in total. The minimum absolute atomic E-state index is 0.0686. The third-order valence-electron chi connectivity index (χ3n) is 3.11. The summed E-state index contributed by atoms with van der Waals surface area (Å²) in [7, 11) is 0. The molecule has 4 nitrogen and oxygen atoms in total. The normalized spacial score (nSPS) is 10.7. The van der Waals surface area contributed by atoms with Gasteiger partial charge in [-0.15, -0.1) is 0 Å². The summed E-state index contributed by atoms with van der Waals surface area (Å²) in [6.07, 6.45) is 0.832. The third kappa shape index (κ3) is 2.91. The highest BCUT2D eigenvalue weighted by Crippen LogP contribution is 2.27. The lowest BCUT2D eigenvalue weighted by molar-refractivity contribution is 0.282. The first kappa shape index (κ1) is 13.9. The predicted molar refractivity (Wildman–Crippen MR) is 75.3 cm³/mol. The number of aliphatic hydroxyl groups is 1. The van der Waals surface area contributed by atoms with E-state index in [0.717, 1.165) is 29.1 Å². The van der Waals surface area contributed by atoms with Crippen LogP contribution in [-0.4, -0.2) is 10.3 Å². The summed E-state index contributed by atoms with van der Waals surface area (Å²) in [6, 6.07) is 5.55. The zero-order valence-electron chi connectivity index (χ0n) is 11.0. The van der Waals surface area contributed by atoms with Gasteiger partial charge in [-0.2, -0.15) is 0 Å². The van der Waals surface area contributed by atoms with Crippen LogP contribution in [0.15, 0.2) is 22.7 Å². The minimum Gasteiger partial charge on any atom is -0.392 e. The van der Waals surface area contributed by atoms with Gasteiger partial charge in [0, 0.05) is 12.1 Å². The monoisotopic (exact) mass is 280 g/mol. The maximum Gasteiger partial charge on any atom is 0.138 e. The number of halogens is 1. The molecule has 1 aromatic carbocycles. The molecule has 0 atom stereocenters. The van der Waals surface area contributed by atoms with Crippen molar-refractivity contribution in [2.75, 3.05) is 5.32 Å².